The van der Waals surface area contributed by atoms with Gasteiger partial charge in [0.2, 0.25) is 5.75 Å². The van der Waals surface area contributed by atoms with Gasteiger partial charge in [-0.1, -0.05) is 30.3 Å². The van der Waals surface area contributed by atoms with Gasteiger partial charge in [-0.3, -0.25) is 4.79 Å². The maximum atomic E-state index is 12.9. The van der Waals surface area contributed by atoms with Gasteiger partial charge in [-0.25, -0.2) is 0 Å². The molecule has 3 rings (SSSR count). The first kappa shape index (κ1) is 16.2. The molecule has 0 saturated heterocycles. The summed E-state index contributed by atoms with van der Waals surface area (Å²) in [4.78, 5) is 14.6. The Hall–Kier alpha value is -2.69. The van der Waals surface area contributed by atoms with Gasteiger partial charge in [-0.15, -0.1) is 0 Å². The standard InChI is InChI=1S/C19H21NO4/c1-13(14-7-5-4-6-8-14)20(2)19(21)15-11-16(22-3)18-17(12-15)23-9-10-24-18/h4-8,11-13H,9-10H2,1-3H3/t13-/m0/s1. The number of ether oxygens (including phenoxy) is 3. The van der Waals surface area contributed by atoms with E-state index in [-0.39, 0.29) is 11.9 Å². The molecule has 0 aromatic heterocycles. The molecule has 0 radical (unpaired) electrons. The average Bonchev–Trinajstić information content (AvgIpc) is 2.65. The molecule has 0 unspecified atom stereocenters. The van der Waals surface area contributed by atoms with Crippen LogP contribution in [-0.4, -0.2) is 38.2 Å². The largest absolute Gasteiger partial charge is 0.493 e. The SMILES string of the molecule is COc1cc(C(=O)N(C)[C@@H](C)c2ccccc2)cc2c1OCCO2. The molecule has 0 fully saturated rings. The van der Waals surface area contributed by atoms with Crippen LogP contribution in [0.5, 0.6) is 17.2 Å². The fourth-order valence-electron chi connectivity index (χ4n) is 2.73. The first-order chi connectivity index (χ1) is 11.6. The van der Waals surface area contributed by atoms with Crippen LogP contribution in [-0.2, 0) is 0 Å². The minimum Gasteiger partial charge on any atom is -0.493 e. The van der Waals surface area contributed by atoms with Crippen LogP contribution in [0, 0.1) is 0 Å². The summed E-state index contributed by atoms with van der Waals surface area (Å²) in [7, 11) is 3.35. The molecule has 5 nitrogen and oxygen atoms in total. The third kappa shape index (κ3) is 3.02. The lowest BCUT2D eigenvalue weighted by Crippen LogP contribution is -2.30. The highest BCUT2D eigenvalue weighted by atomic mass is 16.6. The molecular weight excluding hydrogens is 306 g/mol. The molecule has 0 N–H and O–H groups in total. The van der Waals surface area contributed by atoms with Crippen LogP contribution < -0.4 is 14.2 Å². The third-order valence-electron chi connectivity index (χ3n) is 4.26. The third-order valence-corrected chi connectivity index (χ3v) is 4.26. The maximum absolute atomic E-state index is 12.9. The number of rotatable bonds is 4. The summed E-state index contributed by atoms with van der Waals surface area (Å²) in [5.74, 6) is 1.52. The molecule has 1 amide bonds. The number of nitrogens with zero attached hydrogens (tertiary/aromatic N) is 1. The topological polar surface area (TPSA) is 48.0 Å². The molecule has 24 heavy (non-hydrogen) atoms. The van der Waals surface area contributed by atoms with Crippen molar-refractivity contribution in [2.75, 3.05) is 27.4 Å². The molecule has 1 atom stereocenters. The van der Waals surface area contributed by atoms with E-state index in [4.69, 9.17) is 14.2 Å². The van der Waals surface area contributed by atoms with Crippen LogP contribution in [0.25, 0.3) is 0 Å². The quantitative estimate of drug-likeness (QED) is 0.864. The van der Waals surface area contributed by atoms with Gasteiger partial charge >= 0.3 is 0 Å². The molecule has 1 aliphatic heterocycles. The van der Waals surface area contributed by atoms with Gasteiger partial charge in [-0.05, 0) is 24.6 Å². The zero-order valence-electron chi connectivity index (χ0n) is 14.1. The summed E-state index contributed by atoms with van der Waals surface area (Å²) in [5, 5.41) is 0. The molecule has 1 aliphatic rings. The van der Waals surface area contributed by atoms with Gasteiger partial charge in [0.15, 0.2) is 11.5 Å². The first-order valence-electron chi connectivity index (χ1n) is 7.91. The van der Waals surface area contributed by atoms with Crippen LogP contribution in [0.15, 0.2) is 42.5 Å². The number of hydrogen-bond acceptors (Lipinski definition) is 4. The van der Waals surface area contributed by atoms with Gasteiger partial charge in [0.05, 0.1) is 13.2 Å². The van der Waals surface area contributed by atoms with Gasteiger partial charge in [-0.2, -0.15) is 0 Å². The molecule has 126 valence electrons. The number of benzene rings is 2. The molecule has 1 heterocycles. The summed E-state index contributed by atoms with van der Waals surface area (Å²) in [6.07, 6.45) is 0. The zero-order valence-corrected chi connectivity index (χ0v) is 14.1. The van der Waals surface area contributed by atoms with Crippen molar-refractivity contribution in [2.24, 2.45) is 0 Å². The molecule has 0 saturated carbocycles. The fraction of sp³-hybridized carbons (Fsp3) is 0.316. The Morgan fingerprint density at radius 1 is 1.17 bits per heavy atom. The van der Waals surface area contributed by atoms with Crippen molar-refractivity contribution in [1.82, 2.24) is 4.90 Å². The summed E-state index contributed by atoms with van der Waals surface area (Å²) in [6.45, 7) is 2.94. The van der Waals surface area contributed by atoms with E-state index in [1.807, 2.05) is 37.3 Å². The highest BCUT2D eigenvalue weighted by Crippen LogP contribution is 2.40. The number of amides is 1. The number of methoxy groups -OCH3 is 1. The molecular formula is C19H21NO4. The van der Waals surface area contributed by atoms with Crippen LogP contribution in [0.1, 0.15) is 28.9 Å². The van der Waals surface area contributed by atoms with Gasteiger partial charge < -0.3 is 19.1 Å². The van der Waals surface area contributed by atoms with Crippen molar-refractivity contribution in [3.8, 4) is 17.2 Å². The van der Waals surface area contributed by atoms with E-state index in [1.165, 1.54) is 0 Å². The Morgan fingerprint density at radius 2 is 1.88 bits per heavy atom. The molecule has 5 heteroatoms. The first-order valence-corrected chi connectivity index (χ1v) is 7.91. The van der Waals surface area contributed by atoms with Crippen molar-refractivity contribution in [2.45, 2.75) is 13.0 Å². The van der Waals surface area contributed by atoms with E-state index in [0.717, 1.165) is 5.56 Å². The Kier molecular flexibility index (Phi) is 4.60. The van der Waals surface area contributed by atoms with Crippen LogP contribution in [0.3, 0.4) is 0 Å². The van der Waals surface area contributed by atoms with Gasteiger partial charge in [0.25, 0.3) is 5.91 Å². The van der Waals surface area contributed by atoms with Crippen molar-refractivity contribution in [3.05, 3.63) is 53.6 Å². The lowest BCUT2D eigenvalue weighted by atomic mass is 10.1. The van der Waals surface area contributed by atoms with Gasteiger partial charge in [0.1, 0.15) is 13.2 Å². The minimum atomic E-state index is -0.0957. The normalized spacial score (nSPS) is 14.0. The predicted octanol–water partition coefficient (Wildman–Crippen LogP) is 3.30. The Morgan fingerprint density at radius 3 is 2.58 bits per heavy atom. The van der Waals surface area contributed by atoms with Crippen molar-refractivity contribution in [1.29, 1.82) is 0 Å². The van der Waals surface area contributed by atoms with Crippen molar-refractivity contribution < 1.29 is 19.0 Å². The zero-order chi connectivity index (χ0) is 17.1. The highest BCUT2D eigenvalue weighted by molar-refractivity contribution is 5.95. The predicted molar refractivity (Wildman–Crippen MR) is 90.9 cm³/mol. The van der Waals surface area contributed by atoms with Crippen molar-refractivity contribution >= 4 is 5.91 Å². The van der Waals surface area contributed by atoms with E-state index in [1.54, 1.807) is 31.2 Å². The molecule has 0 aliphatic carbocycles. The number of hydrogen-bond donors (Lipinski definition) is 0. The Labute approximate surface area is 141 Å². The van der Waals surface area contributed by atoms with E-state index in [2.05, 4.69) is 0 Å². The smallest absolute Gasteiger partial charge is 0.254 e. The van der Waals surface area contributed by atoms with E-state index in [9.17, 15) is 4.79 Å². The molecule has 0 bridgehead atoms. The summed E-state index contributed by atoms with van der Waals surface area (Å²) >= 11 is 0. The molecule has 2 aromatic carbocycles. The van der Waals surface area contributed by atoms with E-state index >= 15 is 0 Å². The molecule has 0 spiro atoms. The maximum Gasteiger partial charge on any atom is 0.254 e. The van der Waals surface area contributed by atoms with E-state index < -0.39 is 0 Å². The number of carbonyl (C=O) groups excluding carboxylic acids is 1. The second kappa shape index (κ2) is 6.83. The second-order valence-electron chi connectivity index (χ2n) is 5.71. The fourth-order valence-corrected chi connectivity index (χ4v) is 2.73. The van der Waals surface area contributed by atoms with Crippen LogP contribution >= 0.6 is 0 Å². The number of fused-ring (bicyclic) bond motifs is 1. The number of carbonyl (C=O) groups is 1. The van der Waals surface area contributed by atoms with Crippen LogP contribution in [0.2, 0.25) is 0 Å². The Balaban J connectivity index is 1.89. The highest BCUT2D eigenvalue weighted by Gasteiger charge is 2.24. The summed E-state index contributed by atoms with van der Waals surface area (Å²) in [6, 6.07) is 13.3. The summed E-state index contributed by atoms with van der Waals surface area (Å²) in [5.41, 5.74) is 1.60. The minimum absolute atomic E-state index is 0.0436. The monoisotopic (exact) mass is 327 g/mol. The van der Waals surface area contributed by atoms with Gasteiger partial charge in [0, 0.05) is 12.6 Å². The summed E-state index contributed by atoms with van der Waals surface area (Å²) < 4.78 is 16.5. The molecule has 2 aromatic rings. The Bertz CT molecular complexity index is 712. The average molecular weight is 327 g/mol. The lowest BCUT2D eigenvalue weighted by molar-refractivity contribution is 0.0741. The lowest BCUT2D eigenvalue weighted by Gasteiger charge is -2.27. The van der Waals surface area contributed by atoms with Crippen molar-refractivity contribution in [3.63, 3.8) is 0 Å². The van der Waals surface area contributed by atoms with Crippen LogP contribution in [0.4, 0.5) is 0 Å². The second-order valence-corrected chi connectivity index (χ2v) is 5.71. The van der Waals surface area contributed by atoms with E-state index in [0.29, 0.717) is 36.0 Å².